The number of hydrogen-bond donors (Lipinski definition) is 0. The maximum absolute atomic E-state index is 12.6. The fraction of sp³-hybridized carbons (Fsp3) is 0.357. The first-order valence-corrected chi connectivity index (χ1v) is 7.04. The van der Waals surface area contributed by atoms with E-state index < -0.39 is 12.0 Å². The van der Waals surface area contributed by atoms with Crippen molar-refractivity contribution in [3.05, 3.63) is 52.3 Å². The Kier molecular flexibility index (Phi) is 4.01. The molecule has 0 aliphatic carbocycles. The van der Waals surface area contributed by atoms with Crippen molar-refractivity contribution in [2.24, 2.45) is 0 Å². The Hall–Kier alpha value is -1.73. The van der Waals surface area contributed by atoms with Crippen LogP contribution >= 0.6 is 11.6 Å². The number of rotatable bonds is 2. The van der Waals surface area contributed by atoms with Crippen molar-refractivity contribution in [3.63, 3.8) is 0 Å². The molecule has 0 amide bonds. The molecule has 0 radical (unpaired) electrons. The smallest absolute Gasteiger partial charge is 0.294 e. The minimum absolute atomic E-state index is 0.462. The lowest BCUT2D eigenvalue weighted by atomic mass is 10.1. The second kappa shape index (κ2) is 5.81. The lowest BCUT2D eigenvalue weighted by molar-refractivity contribution is -0.145. The van der Waals surface area contributed by atoms with E-state index in [0.717, 1.165) is 11.1 Å². The zero-order valence-corrected chi connectivity index (χ0v) is 12.2. The van der Waals surface area contributed by atoms with Crippen LogP contribution in [0.4, 0.5) is 13.2 Å². The van der Waals surface area contributed by atoms with E-state index in [1.807, 2.05) is 6.07 Å². The summed E-state index contributed by atoms with van der Waals surface area (Å²) in [5.74, 6) is -1.07. The lowest BCUT2D eigenvalue weighted by Gasteiger charge is -2.28. The Morgan fingerprint density at radius 3 is 2.82 bits per heavy atom. The molecule has 0 spiro atoms. The maximum Gasteiger partial charge on any atom is 0.451 e. The third-order valence-electron chi connectivity index (χ3n) is 3.52. The highest BCUT2D eigenvalue weighted by molar-refractivity contribution is 6.31. The molecule has 0 aromatic carbocycles. The molecule has 0 fully saturated rings. The summed E-state index contributed by atoms with van der Waals surface area (Å²) in [5, 5.41) is 0.581. The summed E-state index contributed by atoms with van der Waals surface area (Å²) in [6, 6.07) is 1.83. The van der Waals surface area contributed by atoms with Gasteiger partial charge in [0.15, 0.2) is 0 Å². The van der Waals surface area contributed by atoms with Crippen molar-refractivity contribution in [1.82, 2.24) is 19.9 Å². The monoisotopic (exact) mass is 328 g/mol. The fourth-order valence-electron chi connectivity index (χ4n) is 2.42. The van der Waals surface area contributed by atoms with Gasteiger partial charge in [0.25, 0.3) is 0 Å². The number of halogens is 4. The number of hydrogen-bond acceptors (Lipinski definition) is 4. The summed E-state index contributed by atoms with van der Waals surface area (Å²) in [4.78, 5) is 13.1. The number of nitrogens with zero attached hydrogens (tertiary/aromatic N) is 4. The second-order valence-electron chi connectivity index (χ2n) is 5.09. The van der Waals surface area contributed by atoms with E-state index in [4.69, 9.17) is 11.6 Å². The van der Waals surface area contributed by atoms with Gasteiger partial charge in [0.05, 0.1) is 10.7 Å². The highest BCUT2D eigenvalue weighted by atomic mass is 35.5. The fourth-order valence-corrected chi connectivity index (χ4v) is 2.60. The standard InChI is InChI=1S/C14H12ClF3N4/c15-11-6-19-3-1-9(11)7-22-4-2-12-10(8-22)5-20-13(21-12)14(16,17)18/h1,3,5-6H,2,4,7-8H2. The third-order valence-corrected chi connectivity index (χ3v) is 3.86. The van der Waals surface area contributed by atoms with Crippen LogP contribution in [0.15, 0.2) is 24.7 Å². The SMILES string of the molecule is FC(F)(F)c1ncc2c(n1)CCN(Cc1ccncc1Cl)C2. The van der Waals surface area contributed by atoms with Crippen LogP contribution in [-0.4, -0.2) is 26.4 Å². The van der Waals surface area contributed by atoms with Gasteiger partial charge in [-0.3, -0.25) is 9.88 Å². The van der Waals surface area contributed by atoms with E-state index in [1.165, 1.54) is 6.20 Å². The quantitative estimate of drug-likeness (QED) is 0.849. The maximum atomic E-state index is 12.6. The van der Waals surface area contributed by atoms with Crippen molar-refractivity contribution in [2.45, 2.75) is 25.7 Å². The van der Waals surface area contributed by atoms with Gasteiger partial charge in [-0.1, -0.05) is 11.6 Å². The molecule has 0 bridgehead atoms. The summed E-state index contributed by atoms with van der Waals surface area (Å²) in [6.45, 7) is 1.74. The average molecular weight is 329 g/mol. The normalized spacial score (nSPS) is 15.6. The van der Waals surface area contributed by atoms with E-state index in [-0.39, 0.29) is 0 Å². The van der Waals surface area contributed by atoms with Crippen LogP contribution in [0.1, 0.15) is 22.6 Å². The van der Waals surface area contributed by atoms with E-state index in [2.05, 4.69) is 19.9 Å². The van der Waals surface area contributed by atoms with Gasteiger partial charge >= 0.3 is 6.18 Å². The summed E-state index contributed by atoms with van der Waals surface area (Å²) in [5.41, 5.74) is 2.14. The zero-order valence-electron chi connectivity index (χ0n) is 11.4. The Bertz CT molecular complexity index is 690. The molecule has 1 aliphatic rings. The minimum atomic E-state index is -4.50. The topological polar surface area (TPSA) is 41.9 Å². The van der Waals surface area contributed by atoms with Crippen LogP contribution in [0.3, 0.4) is 0 Å². The van der Waals surface area contributed by atoms with Crippen molar-refractivity contribution in [3.8, 4) is 0 Å². The van der Waals surface area contributed by atoms with E-state index in [1.54, 1.807) is 12.4 Å². The second-order valence-corrected chi connectivity index (χ2v) is 5.50. The first-order chi connectivity index (χ1) is 10.4. The number of alkyl halides is 3. The first-order valence-electron chi connectivity index (χ1n) is 6.66. The van der Waals surface area contributed by atoms with Crippen LogP contribution in [0.5, 0.6) is 0 Å². The molecule has 0 atom stereocenters. The minimum Gasteiger partial charge on any atom is -0.294 e. The van der Waals surface area contributed by atoms with E-state index in [9.17, 15) is 13.2 Å². The summed E-state index contributed by atoms with van der Waals surface area (Å²) in [7, 11) is 0. The Balaban J connectivity index is 1.76. The average Bonchev–Trinajstić information content (AvgIpc) is 2.48. The molecule has 8 heteroatoms. The van der Waals surface area contributed by atoms with Gasteiger partial charge in [-0.25, -0.2) is 9.97 Å². The molecule has 0 saturated carbocycles. The Labute approximate surface area is 130 Å². The molecule has 4 nitrogen and oxygen atoms in total. The van der Waals surface area contributed by atoms with E-state index in [0.29, 0.717) is 36.8 Å². The number of fused-ring (bicyclic) bond motifs is 1. The summed E-state index contributed by atoms with van der Waals surface area (Å²) in [6.07, 6.45) is 0.469. The summed E-state index contributed by atoms with van der Waals surface area (Å²) >= 11 is 6.08. The molecule has 2 aromatic heterocycles. The third kappa shape index (κ3) is 3.20. The molecule has 2 aromatic rings. The summed E-state index contributed by atoms with van der Waals surface area (Å²) < 4.78 is 37.8. The number of aromatic nitrogens is 3. The van der Waals surface area contributed by atoms with Gasteiger partial charge in [0.2, 0.25) is 5.82 Å². The molecule has 22 heavy (non-hydrogen) atoms. The van der Waals surface area contributed by atoms with Gasteiger partial charge in [0, 0.05) is 50.2 Å². The number of pyridine rings is 1. The largest absolute Gasteiger partial charge is 0.451 e. The van der Waals surface area contributed by atoms with Crippen molar-refractivity contribution >= 4 is 11.6 Å². The van der Waals surface area contributed by atoms with Gasteiger partial charge in [-0.2, -0.15) is 13.2 Å². The molecular weight excluding hydrogens is 317 g/mol. The molecule has 0 saturated heterocycles. The van der Waals surface area contributed by atoms with E-state index >= 15 is 0 Å². The molecule has 116 valence electrons. The van der Waals surface area contributed by atoms with Gasteiger partial charge in [0.1, 0.15) is 0 Å². The van der Waals surface area contributed by atoms with Crippen molar-refractivity contribution < 1.29 is 13.2 Å². The van der Waals surface area contributed by atoms with Crippen LogP contribution in [0.2, 0.25) is 5.02 Å². The molecule has 3 rings (SSSR count). The highest BCUT2D eigenvalue weighted by Crippen LogP contribution is 2.28. The van der Waals surface area contributed by atoms with Crippen molar-refractivity contribution in [1.29, 1.82) is 0 Å². The molecule has 0 N–H and O–H groups in total. The molecule has 3 heterocycles. The predicted molar refractivity (Wildman–Crippen MR) is 74.1 cm³/mol. The Morgan fingerprint density at radius 2 is 2.09 bits per heavy atom. The lowest BCUT2D eigenvalue weighted by Crippen LogP contribution is -2.31. The molecular formula is C14H12ClF3N4. The van der Waals surface area contributed by atoms with Crippen LogP contribution < -0.4 is 0 Å². The van der Waals surface area contributed by atoms with Gasteiger partial charge < -0.3 is 0 Å². The van der Waals surface area contributed by atoms with Crippen LogP contribution in [-0.2, 0) is 25.7 Å². The highest BCUT2D eigenvalue weighted by Gasteiger charge is 2.35. The van der Waals surface area contributed by atoms with Gasteiger partial charge in [-0.05, 0) is 11.6 Å². The first kappa shape index (κ1) is 15.2. The Morgan fingerprint density at radius 1 is 1.27 bits per heavy atom. The van der Waals surface area contributed by atoms with Crippen LogP contribution in [0.25, 0.3) is 0 Å². The predicted octanol–water partition coefficient (Wildman–Crippen LogP) is 3.10. The molecule has 0 unspecified atom stereocenters. The van der Waals surface area contributed by atoms with Crippen LogP contribution in [0, 0.1) is 0 Å². The molecule has 1 aliphatic heterocycles. The van der Waals surface area contributed by atoms with Gasteiger partial charge in [-0.15, -0.1) is 0 Å². The van der Waals surface area contributed by atoms with Crippen molar-refractivity contribution in [2.75, 3.05) is 6.54 Å². The zero-order chi connectivity index (χ0) is 15.7.